The molecule has 0 atom stereocenters. The average molecular weight is 275 g/mol. The van der Waals surface area contributed by atoms with Gasteiger partial charge in [-0.2, -0.15) is 9.59 Å². The Morgan fingerprint density at radius 2 is 1.47 bits per heavy atom. The molecule has 2 amide bonds. The number of imide groups is 1. The summed E-state index contributed by atoms with van der Waals surface area (Å²) in [5.74, 6) is 0. The summed E-state index contributed by atoms with van der Waals surface area (Å²) in [6.45, 7) is 11.1. The van der Waals surface area contributed by atoms with Crippen molar-refractivity contribution in [2.75, 3.05) is 19.8 Å². The summed E-state index contributed by atoms with van der Waals surface area (Å²) in [7, 11) is 0. The van der Waals surface area contributed by atoms with Gasteiger partial charge >= 0.3 is 12.2 Å². The summed E-state index contributed by atoms with van der Waals surface area (Å²) < 4.78 is 9.64. The van der Waals surface area contributed by atoms with Gasteiger partial charge in [-0.15, -0.1) is 4.48 Å². The van der Waals surface area contributed by atoms with E-state index in [1.54, 1.807) is 41.5 Å². The monoisotopic (exact) mass is 275 g/mol. The molecule has 19 heavy (non-hydrogen) atoms. The lowest BCUT2D eigenvalue weighted by Crippen LogP contribution is -2.73. The van der Waals surface area contributed by atoms with Gasteiger partial charge in [0.15, 0.2) is 0 Å². The Balaban J connectivity index is 5.90. The Morgan fingerprint density at radius 1 is 1.11 bits per heavy atom. The van der Waals surface area contributed by atoms with Crippen molar-refractivity contribution in [1.29, 1.82) is 0 Å². The van der Waals surface area contributed by atoms with E-state index in [1.165, 1.54) is 0 Å². The van der Waals surface area contributed by atoms with Gasteiger partial charge in [0, 0.05) is 6.54 Å². The van der Waals surface area contributed by atoms with Crippen LogP contribution >= 0.6 is 0 Å². The highest BCUT2D eigenvalue weighted by atomic mass is 16.6. The fraction of sp³-hybridized carbons (Fsp3) is 0.846. The molecule has 0 aliphatic carbocycles. The van der Waals surface area contributed by atoms with Gasteiger partial charge in [-0.1, -0.05) is 0 Å². The van der Waals surface area contributed by atoms with Gasteiger partial charge in [-0.25, -0.2) is 0 Å². The smallest absolute Gasteiger partial charge is 0.420 e. The van der Waals surface area contributed by atoms with Crippen molar-refractivity contribution in [3.8, 4) is 0 Å². The third-order valence-electron chi connectivity index (χ3n) is 3.34. The third kappa shape index (κ3) is 3.06. The maximum atomic E-state index is 12.4. The standard InChI is InChI=1S/C13H27N2O4/c1-7-18-11(16)15(10(3)4,12(17)19-8-2)13(5,6)9-14/h10H,7-9,14H2,1-6H3/q+1. The van der Waals surface area contributed by atoms with E-state index < -0.39 is 22.2 Å². The second-order valence-corrected chi connectivity index (χ2v) is 5.23. The molecule has 2 N–H and O–H groups in total. The van der Waals surface area contributed by atoms with Crippen LogP contribution in [0.5, 0.6) is 0 Å². The number of nitrogens with two attached hydrogens (primary N) is 1. The van der Waals surface area contributed by atoms with Crippen molar-refractivity contribution in [1.82, 2.24) is 0 Å². The molecule has 0 aliphatic rings. The van der Waals surface area contributed by atoms with Crippen molar-refractivity contribution in [2.45, 2.75) is 53.1 Å². The Labute approximate surface area is 115 Å². The molecule has 0 aliphatic heterocycles. The maximum absolute atomic E-state index is 12.4. The third-order valence-corrected chi connectivity index (χ3v) is 3.34. The largest absolute Gasteiger partial charge is 0.527 e. The van der Waals surface area contributed by atoms with Crippen molar-refractivity contribution in [3.05, 3.63) is 0 Å². The van der Waals surface area contributed by atoms with Crippen LogP contribution in [-0.2, 0) is 9.47 Å². The first kappa shape index (κ1) is 17.9. The molecule has 112 valence electrons. The van der Waals surface area contributed by atoms with Crippen LogP contribution in [0, 0.1) is 0 Å². The molecule has 0 aromatic rings. The van der Waals surface area contributed by atoms with E-state index in [2.05, 4.69) is 0 Å². The van der Waals surface area contributed by atoms with Crippen LogP contribution < -0.4 is 5.73 Å². The van der Waals surface area contributed by atoms with E-state index in [9.17, 15) is 9.59 Å². The molecule has 0 fully saturated rings. The van der Waals surface area contributed by atoms with E-state index in [4.69, 9.17) is 15.2 Å². The predicted octanol–water partition coefficient (Wildman–Crippen LogP) is 2.26. The SMILES string of the molecule is CCOC(=O)[N+](C(=O)OCC)(C(C)C)C(C)(C)CN. The number of carbonyl (C=O) groups is 2. The number of amides is 2. The zero-order chi connectivity index (χ0) is 15.3. The number of nitrogens with zero attached hydrogens (tertiary/aromatic N) is 1. The zero-order valence-corrected chi connectivity index (χ0v) is 12.9. The highest BCUT2D eigenvalue weighted by molar-refractivity contribution is 5.77. The number of rotatable bonds is 5. The van der Waals surface area contributed by atoms with Crippen molar-refractivity contribution in [3.63, 3.8) is 0 Å². The number of quaternary nitrogens is 1. The van der Waals surface area contributed by atoms with Crippen molar-refractivity contribution >= 4 is 12.2 Å². The Hall–Kier alpha value is -1.14. The molecule has 0 bridgehead atoms. The molecule has 6 heteroatoms. The summed E-state index contributed by atoms with van der Waals surface area (Å²) >= 11 is 0. The molecular formula is C13H27N2O4+. The zero-order valence-electron chi connectivity index (χ0n) is 12.9. The minimum absolute atomic E-state index is 0.156. The van der Waals surface area contributed by atoms with Crippen LogP contribution in [0.25, 0.3) is 0 Å². The van der Waals surface area contributed by atoms with Crippen LogP contribution in [0.1, 0.15) is 41.5 Å². The maximum Gasteiger partial charge on any atom is 0.527 e. The first-order chi connectivity index (χ1) is 8.72. The van der Waals surface area contributed by atoms with Crippen LogP contribution in [0.2, 0.25) is 0 Å². The van der Waals surface area contributed by atoms with Gasteiger partial charge in [-0.05, 0) is 41.5 Å². The number of carbonyl (C=O) groups excluding carboxylic acids is 2. The summed E-state index contributed by atoms with van der Waals surface area (Å²) in [4.78, 5) is 24.8. The normalized spacial score (nSPS) is 12.4. The molecule has 6 nitrogen and oxygen atoms in total. The van der Waals surface area contributed by atoms with Crippen LogP contribution in [0.15, 0.2) is 0 Å². The number of ether oxygens (including phenoxy) is 2. The van der Waals surface area contributed by atoms with Crippen LogP contribution in [0.4, 0.5) is 9.59 Å². The van der Waals surface area contributed by atoms with Crippen LogP contribution in [0.3, 0.4) is 0 Å². The summed E-state index contributed by atoms with van der Waals surface area (Å²) in [6.07, 6.45) is -1.24. The molecule has 0 saturated carbocycles. The molecule has 0 radical (unpaired) electrons. The predicted molar refractivity (Wildman–Crippen MR) is 72.6 cm³/mol. The van der Waals surface area contributed by atoms with E-state index in [-0.39, 0.29) is 25.8 Å². The number of hydrogen-bond donors (Lipinski definition) is 1. The topological polar surface area (TPSA) is 78.6 Å². The van der Waals surface area contributed by atoms with Gasteiger partial charge in [0.05, 0.1) is 13.2 Å². The fourth-order valence-electron chi connectivity index (χ4n) is 2.28. The second kappa shape index (κ2) is 6.86. The van der Waals surface area contributed by atoms with E-state index in [1.807, 2.05) is 0 Å². The van der Waals surface area contributed by atoms with Gasteiger partial charge < -0.3 is 15.2 Å². The van der Waals surface area contributed by atoms with Gasteiger partial charge in [-0.3, -0.25) is 0 Å². The molecule has 0 saturated heterocycles. The lowest BCUT2D eigenvalue weighted by Gasteiger charge is -2.44. The first-order valence-electron chi connectivity index (χ1n) is 6.65. The summed E-state index contributed by atoms with van der Waals surface area (Å²) in [6, 6.07) is -0.336. The van der Waals surface area contributed by atoms with E-state index >= 15 is 0 Å². The second-order valence-electron chi connectivity index (χ2n) is 5.23. The van der Waals surface area contributed by atoms with Gasteiger partial charge in [0.1, 0.15) is 11.6 Å². The average Bonchev–Trinajstić information content (AvgIpc) is 2.29. The molecule has 0 rings (SSSR count). The summed E-state index contributed by atoms with van der Waals surface area (Å²) in [5.41, 5.74) is 4.95. The Morgan fingerprint density at radius 3 is 1.68 bits per heavy atom. The highest BCUT2D eigenvalue weighted by Crippen LogP contribution is 2.31. The Kier molecular flexibility index (Phi) is 6.45. The molecular weight excluding hydrogens is 248 g/mol. The van der Waals surface area contributed by atoms with Crippen LogP contribution in [-0.4, -0.2) is 48.0 Å². The van der Waals surface area contributed by atoms with Crippen molar-refractivity contribution in [2.24, 2.45) is 5.73 Å². The minimum Gasteiger partial charge on any atom is -0.420 e. The lowest BCUT2D eigenvalue weighted by molar-refractivity contribution is -0.856. The quantitative estimate of drug-likeness (QED) is 0.779. The summed E-state index contributed by atoms with van der Waals surface area (Å²) in [5, 5.41) is 0. The Bertz CT molecular complexity index is 309. The molecule has 0 unspecified atom stereocenters. The van der Waals surface area contributed by atoms with Crippen molar-refractivity contribution < 1.29 is 23.5 Å². The molecule has 0 aromatic carbocycles. The van der Waals surface area contributed by atoms with Gasteiger partial charge in [0.25, 0.3) is 0 Å². The number of hydrogen-bond acceptors (Lipinski definition) is 5. The fourth-order valence-corrected chi connectivity index (χ4v) is 2.28. The lowest BCUT2D eigenvalue weighted by atomic mass is 9.97. The molecule has 0 heterocycles. The molecule has 0 spiro atoms. The van der Waals surface area contributed by atoms with Gasteiger partial charge in [0.2, 0.25) is 0 Å². The minimum atomic E-state index is -0.813. The first-order valence-corrected chi connectivity index (χ1v) is 6.65. The van der Waals surface area contributed by atoms with E-state index in [0.29, 0.717) is 0 Å². The highest BCUT2D eigenvalue weighted by Gasteiger charge is 2.61. The van der Waals surface area contributed by atoms with E-state index in [0.717, 1.165) is 0 Å². The molecule has 0 aromatic heterocycles.